The highest BCUT2D eigenvalue weighted by Gasteiger charge is 2.97. The number of carbonyl (C=O) groups is 1. The van der Waals surface area contributed by atoms with E-state index in [1.165, 1.54) is 6.92 Å². The fourth-order valence-electron chi connectivity index (χ4n) is 2.96. The van der Waals surface area contributed by atoms with E-state index in [4.69, 9.17) is 4.74 Å². The molecule has 0 unspecified atom stereocenters. The molecule has 24 heteroatoms. The summed E-state index contributed by atoms with van der Waals surface area (Å²) in [5, 5.41) is 0. The Morgan fingerprint density at radius 2 is 0.867 bits per heavy atom. The van der Waals surface area contributed by atoms with Crippen LogP contribution in [0.5, 0.6) is 5.75 Å². The van der Waals surface area contributed by atoms with Gasteiger partial charge in [0.2, 0.25) is 0 Å². The monoisotopic (exact) mass is 712 g/mol. The van der Waals surface area contributed by atoms with Gasteiger partial charge in [0.05, 0.1) is 25.2 Å². The van der Waals surface area contributed by atoms with Crippen molar-refractivity contribution in [2.45, 2.75) is 72.8 Å². The number of rotatable bonds is 14. The van der Waals surface area contributed by atoms with Gasteiger partial charge in [0.1, 0.15) is 5.75 Å². The van der Waals surface area contributed by atoms with E-state index in [0.717, 1.165) is 24.3 Å². The molecule has 0 heterocycles. The molecule has 0 aliphatic rings. The molecule has 1 aromatic rings. The quantitative estimate of drug-likeness (QED) is 0.143. The smallest absolute Gasteiger partial charge is 0.460 e. The Kier molecular flexibility index (Phi) is 10.4. The minimum Gasteiger partial charge on any atom is -0.494 e. The van der Waals surface area contributed by atoms with Gasteiger partial charge in [-0.15, -0.1) is 0 Å². The largest absolute Gasteiger partial charge is 0.494 e. The average molecular weight is 712 g/mol. The van der Waals surface area contributed by atoms with Crippen molar-refractivity contribution in [1.82, 2.24) is 0 Å². The van der Waals surface area contributed by atoms with Gasteiger partial charge < -0.3 is 9.47 Å². The van der Waals surface area contributed by atoms with Crippen LogP contribution < -0.4 is 4.74 Å². The number of benzene rings is 1. The van der Waals surface area contributed by atoms with E-state index in [1.54, 1.807) is 0 Å². The average Bonchev–Trinajstić information content (AvgIpc) is 2.87. The van der Waals surface area contributed by atoms with Crippen molar-refractivity contribution >= 4 is 5.97 Å². The molecule has 0 aliphatic heterocycles. The van der Waals surface area contributed by atoms with Gasteiger partial charge in [0.15, 0.2) is 0 Å². The molecule has 0 N–H and O–H groups in total. The van der Waals surface area contributed by atoms with E-state index in [2.05, 4.69) is 4.74 Å². The molecule has 0 fully saturated rings. The zero-order valence-electron chi connectivity index (χ0n) is 21.1. The molecular formula is C21H13F21O3. The zero-order chi connectivity index (χ0) is 36.1. The number of ether oxygens (including phenoxy) is 2. The van der Waals surface area contributed by atoms with Crippen molar-refractivity contribution in [3.05, 3.63) is 29.8 Å². The predicted octanol–water partition coefficient (Wildman–Crippen LogP) is 8.91. The summed E-state index contributed by atoms with van der Waals surface area (Å²) in [6, 6.07) is 3.79. The molecule has 0 bridgehead atoms. The third kappa shape index (κ3) is 6.00. The van der Waals surface area contributed by atoms with Gasteiger partial charge in [-0.25, -0.2) is 4.79 Å². The van der Waals surface area contributed by atoms with E-state index < -0.39 is 84.0 Å². The fraction of sp³-hybridized carbons (Fsp3) is 0.667. The lowest BCUT2D eigenvalue weighted by Gasteiger charge is -2.44. The number of esters is 1. The van der Waals surface area contributed by atoms with Gasteiger partial charge in [0, 0.05) is 0 Å². The van der Waals surface area contributed by atoms with E-state index in [0.29, 0.717) is 0 Å². The first-order valence-corrected chi connectivity index (χ1v) is 11.0. The molecule has 0 aliphatic carbocycles. The number of hydrogen-bond acceptors (Lipinski definition) is 3. The van der Waals surface area contributed by atoms with Crippen LogP contribution in [0.25, 0.3) is 0 Å². The van der Waals surface area contributed by atoms with Crippen LogP contribution in [-0.2, 0) is 4.74 Å². The summed E-state index contributed by atoms with van der Waals surface area (Å²) in [7, 11) is 0. The molecular weight excluding hydrogens is 699 g/mol. The lowest BCUT2D eigenvalue weighted by Crippen LogP contribution is -2.76. The SMILES string of the molecule is CCOc1ccc(C(=O)OCCC(F)(F)C(F)(F)C(F)(F)C(F)(F)C(F)(F)C(F)(F)C(F)(F)C(F)(F)C(F)(F)C(F)(F)F)cc1. The van der Waals surface area contributed by atoms with Crippen molar-refractivity contribution in [3.63, 3.8) is 0 Å². The van der Waals surface area contributed by atoms with Crippen LogP contribution in [0.1, 0.15) is 23.7 Å². The molecule has 0 radical (unpaired) electrons. The summed E-state index contributed by atoms with van der Waals surface area (Å²) in [4.78, 5) is 11.8. The first-order chi connectivity index (χ1) is 19.7. The Labute approximate surface area is 235 Å². The Bertz CT molecular complexity index is 1190. The molecule has 1 aromatic carbocycles. The molecule has 0 atom stereocenters. The van der Waals surface area contributed by atoms with E-state index in [9.17, 15) is 97.0 Å². The van der Waals surface area contributed by atoms with E-state index in [-0.39, 0.29) is 12.4 Å². The summed E-state index contributed by atoms with van der Waals surface area (Å²) in [6.45, 7) is -0.555. The number of carbonyl (C=O) groups excluding carboxylic acids is 1. The van der Waals surface area contributed by atoms with Crippen LogP contribution in [0, 0.1) is 0 Å². The molecule has 45 heavy (non-hydrogen) atoms. The summed E-state index contributed by atoms with van der Waals surface area (Å²) in [5.41, 5.74) is -0.582. The maximum absolute atomic E-state index is 13.9. The molecule has 262 valence electrons. The third-order valence-corrected chi connectivity index (χ3v) is 5.63. The lowest BCUT2D eigenvalue weighted by molar-refractivity contribution is -0.474. The summed E-state index contributed by atoms with van der Waals surface area (Å²) < 4.78 is 290. The van der Waals surface area contributed by atoms with Crippen LogP contribution in [0.3, 0.4) is 0 Å². The topological polar surface area (TPSA) is 35.5 Å². The number of halogens is 21. The molecule has 1 rings (SSSR count). The number of alkyl halides is 21. The predicted molar refractivity (Wildman–Crippen MR) is 103 cm³/mol. The second kappa shape index (κ2) is 11.7. The van der Waals surface area contributed by atoms with Crippen molar-refractivity contribution in [2.24, 2.45) is 0 Å². The van der Waals surface area contributed by atoms with Crippen molar-refractivity contribution < 1.29 is 106 Å². The molecule has 0 saturated heterocycles. The Morgan fingerprint density at radius 3 is 1.20 bits per heavy atom. The Balaban J connectivity index is 3.41. The zero-order valence-corrected chi connectivity index (χ0v) is 21.1. The van der Waals surface area contributed by atoms with E-state index >= 15 is 0 Å². The standard InChI is InChI=1S/C21H13F21O3/c1-2-44-10-5-3-9(4-6-10)11(43)45-8-7-12(22,23)13(24,25)14(26,27)15(28,29)16(30,31)17(32,33)18(34,35)19(36,37)20(38,39)21(40,41)42/h3-6H,2,7-8H2,1H3. The van der Waals surface area contributed by atoms with Gasteiger partial charge in [-0.05, 0) is 31.2 Å². The summed E-state index contributed by atoms with van der Waals surface area (Å²) >= 11 is 0. The molecule has 3 nitrogen and oxygen atoms in total. The second-order valence-electron chi connectivity index (χ2n) is 8.64. The van der Waals surface area contributed by atoms with E-state index in [1.807, 2.05) is 0 Å². The maximum Gasteiger partial charge on any atom is 0.460 e. The van der Waals surface area contributed by atoms with Gasteiger partial charge in [-0.2, -0.15) is 92.2 Å². The van der Waals surface area contributed by atoms with Crippen LogP contribution in [-0.4, -0.2) is 78.7 Å². The summed E-state index contributed by atoms with van der Waals surface area (Å²) in [6.07, 6.45) is -11.1. The van der Waals surface area contributed by atoms with Crippen molar-refractivity contribution in [1.29, 1.82) is 0 Å². The number of hydrogen-bond donors (Lipinski definition) is 0. The maximum atomic E-state index is 13.9. The van der Waals surface area contributed by atoms with Gasteiger partial charge in [-0.1, -0.05) is 0 Å². The Hall–Kier alpha value is -2.98. The van der Waals surface area contributed by atoms with Crippen LogP contribution in [0.4, 0.5) is 92.2 Å². The van der Waals surface area contributed by atoms with Gasteiger partial charge in [0.25, 0.3) is 0 Å². The first-order valence-electron chi connectivity index (χ1n) is 11.0. The van der Waals surface area contributed by atoms with Crippen LogP contribution >= 0.6 is 0 Å². The molecule has 0 spiro atoms. The minimum atomic E-state index is -9.23. The minimum absolute atomic E-state index is 0.0984. The van der Waals surface area contributed by atoms with Crippen molar-refractivity contribution in [2.75, 3.05) is 13.2 Å². The fourth-order valence-corrected chi connectivity index (χ4v) is 2.96. The Morgan fingerprint density at radius 1 is 0.533 bits per heavy atom. The highest BCUT2D eigenvalue weighted by molar-refractivity contribution is 5.89. The second-order valence-corrected chi connectivity index (χ2v) is 8.64. The highest BCUT2D eigenvalue weighted by atomic mass is 19.4. The molecule has 0 aromatic heterocycles. The normalized spacial score (nSPS) is 15.2. The lowest BCUT2D eigenvalue weighted by atomic mass is 9.86. The highest BCUT2D eigenvalue weighted by Crippen LogP contribution is 2.66. The van der Waals surface area contributed by atoms with Gasteiger partial charge in [-0.3, -0.25) is 0 Å². The van der Waals surface area contributed by atoms with Gasteiger partial charge >= 0.3 is 65.4 Å². The van der Waals surface area contributed by atoms with Crippen LogP contribution in [0.2, 0.25) is 0 Å². The summed E-state index contributed by atoms with van der Waals surface area (Å²) in [5.74, 6) is -79.3. The first kappa shape index (κ1) is 40.0. The molecule has 0 amide bonds. The van der Waals surface area contributed by atoms with Crippen LogP contribution in [0.15, 0.2) is 24.3 Å². The van der Waals surface area contributed by atoms with Crippen molar-refractivity contribution in [3.8, 4) is 5.75 Å². The molecule has 0 saturated carbocycles. The third-order valence-electron chi connectivity index (χ3n) is 5.63.